The number of pyridine rings is 1. The Hall–Kier alpha value is -2.63. The average Bonchev–Trinajstić information content (AvgIpc) is 2.89. The zero-order valence-electron chi connectivity index (χ0n) is 9.58. The Morgan fingerprint density at radius 3 is 3.06 bits per heavy atom. The lowest BCUT2D eigenvalue weighted by atomic mass is 10.1. The first-order chi connectivity index (χ1) is 8.66. The molecule has 6 heteroatoms. The normalized spacial score (nSPS) is 15.3. The number of nitrogens with one attached hydrogen (secondary N) is 1. The number of aromatic nitrogens is 3. The van der Waals surface area contributed by atoms with Crippen molar-refractivity contribution >= 4 is 23.6 Å². The van der Waals surface area contributed by atoms with E-state index in [2.05, 4.69) is 15.0 Å². The molecule has 2 aromatic heterocycles. The molecule has 0 saturated carbocycles. The van der Waals surface area contributed by atoms with Crippen molar-refractivity contribution in [1.82, 2.24) is 14.5 Å². The van der Waals surface area contributed by atoms with Gasteiger partial charge in [-0.25, -0.2) is 4.79 Å². The first-order valence-electron chi connectivity index (χ1n) is 5.35. The summed E-state index contributed by atoms with van der Waals surface area (Å²) in [7, 11) is 1.50. The summed E-state index contributed by atoms with van der Waals surface area (Å²) in [4.78, 5) is 22.1. The third-order valence-electron chi connectivity index (χ3n) is 2.86. The fourth-order valence-electron chi connectivity index (χ4n) is 1.84. The van der Waals surface area contributed by atoms with E-state index in [1.165, 1.54) is 7.05 Å². The second-order valence-corrected chi connectivity index (χ2v) is 3.98. The lowest BCUT2D eigenvalue weighted by Crippen LogP contribution is -2.11. The number of imidazole rings is 1. The molecule has 6 nitrogen and oxygen atoms in total. The summed E-state index contributed by atoms with van der Waals surface area (Å²) < 4.78 is 1.14. The van der Waals surface area contributed by atoms with Crippen molar-refractivity contribution in [3.63, 3.8) is 0 Å². The monoisotopic (exact) mass is 242 g/mol. The van der Waals surface area contributed by atoms with Crippen molar-refractivity contribution in [3.05, 3.63) is 40.2 Å². The minimum atomic E-state index is -0.357. The van der Waals surface area contributed by atoms with Crippen molar-refractivity contribution < 1.29 is 5.11 Å². The Kier molecular flexibility index (Phi) is 2.16. The fourth-order valence-corrected chi connectivity index (χ4v) is 1.84. The van der Waals surface area contributed by atoms with E-state index in [9.17, 15) is 9.90 Å². The van der Waals surface area contributed by atoms with Gasteiger partial charge in [0.15, 0.2) is 0 Å². The summed E-state index contributed by atoms with van der Waals surface area (Å²) >= 11 is 0. The Labute approximate surface area is 102 Å². The molecule has 0 aliphatic carbocycles. The maximum atomic E-state index is 11.4. The van der Waals surface area contributed by atoms with Gasteiger partial charge >= 0.3 is 5.69 Å². The standard InChI is InChI=1S/C12H10N4O2/c1-16-11(17)9(15-12(16)18)4-7-5-14-10-6-13-3-2-8(7)10/h2-6,17H,1H3,(H,15,18). The van der Waals surface area contributed by atoms with Crippen LogP contribution in [0.5, 0.6) is 5.88 Å². The van der Waals surface area contributed by atoms with Gasteiger partial charge in [0, 0.05) is 30.6 Å². The molecule has 3 heterocycles. The third kappa shape index (κ3) is 1.46. The van der Waals surface area contributed by atoms with Crippen LogP contribution in [-0.2, 0) is 7.05 Å². The van der Waals surface area contributed by atoms with Gasteiger partial charge in [-0.2, -0.15) is 0 Å². The van der Waals surface area contributed by atoms with Crippen LogP contribution in [0, 0.1) is 0 Å². The topological polar surface area (TPSA) is 83.3 Å². The Morgan fingerprint density at radius 2 is 2.33 bits per heavy atom. The second kappa shape index (κ2) is 3.69. The van der Waals surface area contributed by atoms with E-state index in [0.29, 0.717) is 5.69 Å². The highest BCUT2D eigenvalue weighted by Gasteiger charge is 2.14. The molecule has 2 N–H and O–H groups in total. The lowest BCUT2D eigenvalue weighted by molar-refractivity contribution is 0.428. The highest BCUT2D eigenvalue weighted by molar-refractivity contribution is 6.21. The molecule has 1 aliphatic rings. The molecule has 1 aliphatic heterocycles. The molecule has 2 aromatic rings. The van der Waals surface area contributed by atoms with Gasteiger partial charge in [0.05, 0.1) is 11.9 Å². The molecule has 0 aromatic carbocycles. The van der Waals surface area contributed by atoms with Crippen LogP contribution in [0.4, 0.5) is 5.69 Å². The maximum absolute atomic E-state index is 11.4. The molecule has 0 amide bonds. The minimum Gasteiger partial charge on any atom is -0.493 e. The Balaban J connectivity index is 2.12. The highest BCUT2D eigenvalue weighted by atomic mass is 16.3. The van der Waals surface area contributed by atoms with E-state index >= 15 is 0 Å². The van der Waals surface area contributed by atoms with Crippen LogP contribution in [-0.4, -0.2) is 25.9 Å². The van der Waals surface area contributed by atoms with E-state index in [4.69, 9.17) is 0 Å². The molecule has 0 atom stereocenters. The van der Waals surface area contributed by atoms with Crippen molar-refractivity contribution in [3.8, 4) is 5.88 Å². The van der Waals surface area contributed by atoms with E-state index in [-0.39, 0.29) is 11.6 Å². The van der Waals surface area contributed by atoms with Crippen LogP contribution < -0.4 is 5.69 Å². The summed E-state index contributed by atoms with van der Waals surface area (Å²) in [6.07, 6.45) is 6.71. The number of aromatic amines is 1. The number of nitrogens with zero attached hydrogens (tertiary/aromatic N) is 3. The first-order valence-corrected chi connectivity index (χ1v) is 5.35. The van der Waals surface area contributed by atoms with Gasteiger partial charge in [-0.05, 0) is 12.1 Å². The van der Waals surface area contributed by atoms with Crippen molar-refractivity contribution in [2.75, 3.05) is 0 Å². The maximum Gasteiger partial charge on any atom is 0.328 e. The molecular weight excluding hydrogens is 232 g/mol. The van der Waals surface area contributed by atoms with Crippen molar-refractivity contribution in [2.24, 2.45) is 12.0 Å². The molecule has 0 radical (unpaired) electrons. The number of fused-ring (bicyclic) bond motifs is 1. The van der Waals surface area contributed by atoms with Crippen molar-refractivity contribution in [2.45, 2.75) is 0 Å². The van der Waals surface area contributed by atoms with Gasteiger partial charge in [-0.1, -0.05) is 0 Å². The van der Waals surface area contributed by atoms with E-state index in [1.54, 1.807) is 24.7 Å². The van der Waals surface area contributed by atoms with E-state index in [1.807, 2.05) is 6.07 Å². The van der Waals surface area contributed by atoms with Crippen molar-refractivity contribution in [1.29, 1.82) is 0 Å². The predicted octanol–water partition coefficient (Wildman–Crippen LogP) is 1.07. The Bertz CT molecular complexity index is 737. The molecule has 3 rings (SSSR count). The first kappa shape index (κ1) is 10.5. The van der Waals surface area contributed by atoms with Crippen LogP contribution in [0.2, 0.25) is 0 Å². The third-order valence-corrected chi connectivity index (χ3v) is 2.86. The number of hydrogen-bond acceptors (Lipinski definition) is 4. The average molecular weight is 242 g/mol. The lowest BCUT2D eigenvalue weighted by Gasteiger charge is -1.98. The molecule has 0 spiro atoms. The summed E-state index contributed by atoms with van der Waals surface area (Å²) in [5.41, 5.74) is 2.54. The zero-order chi connectivity index (χ0) is 12.7. The molecule has 0 unspecified atom stereocenters. The summed E-state index contributed by atoms with van der Waals surface area (Å²) in [5.74, 6) is -0.0941. The highest BCUT2D eigenvalue weighted by Crippen LogP contribution is 2.31. The predicted molar refractivity (Wildman–Crippen MR) is 68.0 cm³/mol. The molecule has 18 heavy (non-hydrogen) atoms. The van der Waals surface area contributed by atoms with Gasteiger partial charge in [-0.3, -0.25) is 14.5 Å². The van der Waals surface area contributed by atoms with Gasteiger partial charge in [0.25, 0.3) is 0 Å². The number of H-pyrrole nitrogens is 1. The summed E-state index contributed by atoms with van der Waals surface area (Å²) in [6, 6.07) is 1.84. The molecule has 0 bridgehead atoms. The molecule has 90 valence electrons. The van der Waals surface area contributed by atoms with Crippen LogP contribution in [0.15, 0.2) is 28.2 Å². The van der Waals surface area contributed by atoms with Gasteiger partial charge in [0.1, 0.15) is 5.69 Å². The number of aliphatic imine (C=N–C) groups is 1. The van der Waals surface area contributed by atoms with Gasteiger partial charge in [0.2, 0.25) is 5.88 Å². The van der Waals surface area contributed by atoms with Crippen LogP contribution >= 0.6 is 0 Å². The van der Waals surface area contributed by atoms with E-state index in [0.717, 1.165) is 21.4 Å². The minimum absolute atomic E-state index is 0.0941. The summed E-state index contributed by atoms with van der Waals surface area (Å²) in [6.45, 7) is 0. The second-order valence-electron chi connectivity index (χ2n) is 3.98. The Morgan fingerprint density at radius 1 is 1.50 bits per heavy atom. The molecule has 0 fully saturated rings. The zero-order valence-corrected chi connectivity index (χ0v) is 9.58. The largest absolute Gasteiger partial charge is 0.493 e. The number of aromatic hydroxyl groups is 1. The number of allylic oxidation sites excluding steroid dienone is 1. The van der Waals surface area contributed by atoms with Crippen LogP contribution in [0.1, 0.15) is 11.3 Å². The fraction of sp³-hybridized carbons (Fsp3) is 0.0833. The smallest absolute Gasteiger partial charge is 0.328 e. The van der Waals surface area contributed by atoms with Crippen LogP contribution in [0.25, 0.3) is 11.6 Å². The number of hydrogen-bond donors (Lipinski definition) is 2. The molecular formula is C12H10N4O2. The summed E-state index contributed by atoms with van der Waals surface area (Å²) in [5, 5.41) is 9.76. The van der Waals surface area contributed by atoms with Gasteiger partial charge < -0.3 is 10.1 Å². The SMILES string of the molecule is Cn1c(O)c(C=C2C=Nc3cnccc32)[nH]c1=O. The molecule has 0 saturated heterocycles. The quantitative estimate of drug-likeness (QED) is 0.784. The van der Waals surface area contributed by atoms with E-state index < -0.39 is 0 Å². The number of rotatable bonds is 1. The van der Waals surface area contributed by atoms with Gasteiger partial charge in [-0.15, -0.1) is 0 Å². The van der Waals surface area contributed by atoms with Crippen LogP contribution in [0.3, 0.4) is 0 Å².